The summed E-state index contributed by atoms with van der Waals surface area (Å²) in [6, 6.07) is 5.53. The minimum absolute atomic E-state index is 0.0802. The van der Waals surface area contributed by atoms with E-state index >= 15 is 0 Å². The van der Waals surface area contributed by atoms with Crippen molar-refractivity contribution < 1.29 is 19.1 Å². The average Bonchev–Trinajstić information content (AvgIpc) is 2.81. The lowest BCUT2D eigenvalue weighted by molar-refractivity contribution is -0.147. The van der Waals surface area contributed by atoms with Crippen molar-refractivity contribution in [3.63, 3.8) is 0 Å². The van der Waals surface area contributed by atoms with Gasteiger partial charge in [0.05, 0.1) is 0 Å². The van der Waals surface area contributed by atoms with Gasteiger partial charge in [-0.15, -0.1) is 6.42 Å². The largest absolute Gasteiger partial charge is 0.444 e. The lowest BCUT2D eigenvalue weighted by Crippen LogP contribution is -2.57. The van der Waals surface area contributed by atoms with E-state index in [-0.39, 0.29) is 17.9 Å². The van der Waals surface area contributed by atoms with Crippen LogP contribution in [0.3, 0.4) is 0 Å². The Morgan fingerprint density at radius 1 is 1.19 bits per heavy atom. The SMILES string of the molecule is C#Cc1ccc(C(C(=O)NCCCCC)N(C(=O)C(CCSC)NC(=O)OC(C)(C)C)C2CCC2)cc1. The van der Waals surface area contributed by atoms with Crippen LogP contribution in [0.1, 0.15) is 89.8 Å². The zero-order valence-electron chi connectivity index (χ0n) is 23.0. The van der Waals surface area contributed by atoms with E-state index in [1.165, 1.54) is 0 Å². The summed E-state index contributed by atoms with van der Waals surface area (Å²) in [6.07, 6.45) is 12.9. The number of carbonyl (C=O) groups excluding carboxylic acids is 3. The Balaban J connectivity index is 2.42. The molecule has 1 aromatic rings. The van der Waals surface area contributed by atoms with Gasteiger partial charge >= 0.3 is 6.09 Å². The first-order chi connectivity index (χ1) is 17.6. The van der Waals surface area contributed by atoms with Gasteiger partial charge in [-0.3, -0.25) is 9.59 Å². The van der Waals surface area contributed by atoms with E-state index in [1.54, 1.807) is 49.6 Å². The van der Waals surface area contributed by atoms with Crippen molar-refractivity contribution in [2.75, 3.05) is 18.6 Å². The second-order valence-corrected chi connectivity index (χ2v) is 11.5. The molecule has 0 radical (unpaired) electrons. The van der Waals surface area contributed by atoms with Crippen LogP contribution in [-0.2, 0) is 14.3 Å². The van der Waals surface area contributed by atoms with E-state index in [9.17, 15) is 14.4 Å². The van der Waals surface area contributed by atoms with E-state index in [0.717, 1.165) is 38.5 Å². The number of ether oxygens (including phenoxy) is 1. The highest BCUT2D eigenvalue weighted by atomic mass is 32.2. The highest BCUT2D eigenvalue weighted by molar-refractivity contribution is 7.98. The van der Waals surface area contributed by atoms with Crippen LogP contribution >= 0.6 is 11.8 Å². The van der Waals surface area contributed by atoms with Gasteiger partial charge in [0.2, 0.25) is 11.8 Å². The Kier molecular flexibility index (Phi) is 12.3. The fourth-order valence-electron chi connectivity index (χ4n) is 4.19. The molecule has 3 amide bonds. The summed E-state index contributed by atoms with van der Waals surface area (Å²) in [6.45, 7) is 8.01. The monoisotopic (exact) mass is 529 g/mol. The zero-order chi connectivity index (χ0) is 27.4. The number of hydrogen-bond donors (Lipinski definition) is 2. The van der Waals surface area contributed by atoms with E-state index in [0.29, 0.717) is 29.8 Å². The normalized spacial score (nSPS) is 15.0. The van der Waals surface area contributed by atoms with Gasteiger partial charge in [0, 0.05) is 18.2 Å². The van der Waals surface area contributed by atoms with Crippen LogP contribution in [0.5, 0.6) is 0 Å². The quantitative estimate of drug-likeness (QED) is 0.276. The minimum Gasteiger partial charge on any atom is -0.444 e. The number of thioether (sulfide) groups is 1. The maximum absolute atomic E-state index is 14.1. The number of rotatable bonds is 13. The molecule has 2 atom stereocenters. The van der Waals surface area contributed by atoms with Gasteiger partial charge in [0.1, 0.15) is 17.7 Å². The molecule has 0 bridgehead atoms. The lowest BCUT2D eigenvalue weighted by Gasteiger charge is -2.43. The van der Waals surface area contributed by atoms with E-state index in [2.05, 4.69) is 23.5 Å². The molecule has 0 spiro atoms. The zero-order valence-corrected chi connectivity index (χ0v) is 23.8. The smallest absolute Gasteiger partial charge is 0.408 e. The Morgan fingerprint density at radius 2 is 1.86 bits per heavy atom. The number of nitrogens with zero attached hydrogens (tertiary/aromatic N) is 1. The van der Waals surface area contributed by atoms with Gasteiger partial charge < -0.3 is 20.3 Å². The van der Waals surface area contributed by atoms with Crippen molar-refractivity contribution in [2.45, 2.75) is 96.4 Å². The second kappa shape index (κ2) is 14.9. The number of benzene rings is 1. The molecular weight excluding hydrogens is 486 g/mol. The summed E-state index contributed by atoms with van der Waals surface area (Å²) in [7, 11) is 0. The van der Waals surface area contributed by atoms with Crippen LogP contribution in [0.4, 0.5) is 4.79 Å². The first-order valence-corrected chi connectivity index (χ1v) is 14.7. The topological polar surface area (TPSA) is 87.7 Å². The van der Waals surface area contributed by atoms with Crippen molar-refractivity contribution >= 4 is 29.7 Å². The molecule has 0 saturated heterocycles. The van der Waals surface area contributed by atoms with E-state index < -0.39 is 23.8 Å². The summed E-state index contributed by atoms with van der Waals surface area (Å²) < 4.78 is 5.45. The molecule has 0 aromatic heterocycles. The Morgan fingerprint density at radius 3 is 2.38 bits per heavy atom. The number of alkyl carbamates (subject to hydrolysis) is 1. The van der Waals surface area contributed by atoms with Crippen molar-refractivity contribution in [2.24, 2.45) is 0 Å². The van der Waals surface area contributed by atoms with E-state index in [1.807, 2.05) is 18.4 Å². The van der Waals surface area contributed by atoms with Crippen LogP contribution in [0.15, 0.2) is 24.3 Å². The molecule has 1 aromatic carbocycles. The third kappa shape index (κ3) is 9.62. The molecule has 1 aliphatic carbocycles. The molecule has 1 saturated carbocycles. The minimum atomic E-state index is -0.816. The number of hydrogen-bond acceptors (Lipinski definition) is 5. The molecule has 2 N–H and O–H groups in total. The summed E-state index contributed by atoms with van der Waals surface area (Å²) in [5.74, 6) is 2.80. The summed E-state index contributed by atoms with van der Waals surface area (Å²) in [5.41, 5.74) is 0.717. The second-order valence-electron chi connectivity index (χ2n) is 10.5. The number of amides is 3. The molecule has 0 aliphatic heterocycles. The molecule has 204 valence electrons. The Bertz CT molecular complexity index is 932. The van der Waals surface area contributed by atoms with Crippen LogP contribution in [0.25, 0.3) is 0 Å². The fraction of sp³-hybridized carbons (Fsp3) is 0.621. The van der Waals surface area contributed by atoms with Crippen LogP contribution < -0.4 is 10.6 Å². The van der Waals surface area contributed by atoms with E-state index in [4.69, 9.17) is 11.2 Å². The highest BCUT2D eigenvalue weighted by Crippen LogP contribution is 2.34. The van der Waals surface area contributed by atoms with Gasteiger partial charge in [0.15, 0.2) is 0 Å². The summed E-state index contributed by atoms with van der Waals surface area (Å²) in [5, 5.41) is 5.84. The van der Waals surface area contributed by atoms with Crippen LogP contribution in [0, 0.1) is 12.3 Å². The molecule has 37 heavy (non-hydrogen) atoms. The third-order valence-corrected chi connectivity index (χ3v) is 6.97. The standard InChI is InChI=1S/C29H43N3O4S/c1-7-9-10-19-30-26(33)25(22-16-14-21(8-2)15-17-22)32(23-12-11-13-23)27(34)24(18-20-37-6)31-28(35)36-29(3,4)5/h2,14-17,23-25H,7,9-13,18-20H2,1,3-6H3,(H,30,33)(H,31,35). The molecule has 1 aliphatic rings. The molecular formula is C29H43N3O4S. The van der Waals surface area contributed by atoms with Gasteiger partial charge in [0.25, 0.3) is 0 Å². The summed E-state index contributed by atoms with van der Waals surface area (Å²) >= 11 is 1.60. The molecule has 8 heteroatoms. The number of unbranched alkanes of at least 4 members (excludes halogenated alkanes) is 2. The van der Waals surface area contributed by atoms with Gasteiger partial charge in [-0.2, -0.15) is 11.8 Å². The highest BCUT2D eigenvalue weighted by Gasteiger charge is 2.41. The predicted molar refractivity (Wildman–Crippen MR) is 150 cm³/mol. The third-order valence-electron chi connectivity index (χ3n) is 6.32. The molecule has 2 rings (SSSR count). The number of terminal acetylenes is 1. The molecule has 7 nitrogen and oxygen atoms in total. The Labute approximate surface area is 226 Å². The first kappa shape index (κ1) is 30.6. The van der Waals surface area contributed by atoms with Crippen LogP contribution in [-0.4, -0.2) is 59.0 Å². The molecule has 0 heterocycles. The van der Waals surface area contributed by atoms with Gasteiger partial charge in [-0.1, -0.05) is 37.8 Å². The maximum atomic E-state index is 14.1. The summed E-state index contributed by atoms with van der Waals surface area (Å²) in [4.78, 5) is 42.1. The average molecular weight is 530 g/mol. The Hall–Kier alpha value is -2.66. The van der Waals surface area contributed by atoms with Crippen LogP contribution in [0.2, 0.25) is 0 Å². The predicted octanol–water partition coefficient (Wildman–Crippen LogP) is 5.04. The van der Waals surface area contributed by atoms with Gasteiger partial charge in [-0.05, 0) is 82.6 Å². The van der Waals surface area contributed by atoms with Crippen molar-refractivity contribution in [1.29, 1.82) is 0 Å². The first-order valence-electron chi connectivity index (χ1n) is 13.3. The fourth-order valence-corrected chi connectivity index (χ4v) is 4.66. The lowest BCUT2D eigenvalue weighted by atomic mass is 9.87. The maximum Gasteiger partial charge on any atom is 0.408 e. The number of nitrogens with one attached hydrogen (secondary N) is 2. The molecule has 2 unspecified atom stereocenters. The number of carbonyl (C=O) groups is 3. The van der Waals surface area contributed by atoms with Crippen molar-refractivity contribution in [3.8, 4) is 12.3 Å². The van der Waals surface area contributed by atoms with Crippen molar-refractivity contribution in [1.82, 2.24) is 15.5 Å². The van der Waals surface area contributed by atoms with Gasteiger partial charge in [-0.25, -0.2) is 4.79 Å². The molecule has 1 fully saturated rings. The van der Waals surface area contributed by atoms with Crippen molar-refractivity contribution in [3.05, 3.63) is 35.4 Å².